The molecule has 0 saturated heterocycles. The van der Waals surface area contributed by atoms with Gasteiger partial charge in [-0.15, -0.1) is 0 Å². The lowest BCUT2D eigenvalue weighted by atomic mass is 10.4. The average Bonchev–Trinajstić information content (AvgIpc) is 2.11. The average molecular weight is 278 g/mol. The van der Waals surface area contributed by atoms with Crippen molar-refractivity contribution in [3.63, 3.8) is 0 Å². The first-order valence-corrected chi connectivity index (χ1v) is 4.91. The minimum Gasteiger partial charge on any atom is -0.493 e. The van der Waals surface area contributed by atoms with Gasteiger partial charge in [0, 0.05) is 6.07 Å². The first-order chi connectivity index (χ1) is 7.58. The van der Waals surface area contributed by atoms with E-state index in [1.54, 1.807) is 0 Å². The van der Waals surface area contributed by atoms with Crippen molar-refractivity contribution in [3.8, 4) is 5.88 Å². The van der Waals surface area contributed by atoms with Gasteiger partial charge in [-0.05, 0) is 0 Å². The van der Waals surface area contributed by atoms with Crippen LogP contribution in [0.4, 0.5) is 26.3 Å². The quantitative estimate of drug-likeness (QED) is 0.513. The topological polar surface area (TPSA) is 46.0 Å². The summed E-state index contributed by atoms with van der Waals surface area (Å²) in [4.78, 5) is 5.93. The van der Waals surface area contributed by atoms with Gasteiger partial charge in [0.15, 0.2) is 10.9 Å². The standard InChI is InChI=1S/C7H4F6N2OS/c8-6(9,10)2-17-5-14-3(7(11,12)13)1-4(16)15-5/h1H,2H2,(H,14,15,16). The predicted octanol–water partition coefficient (Wildman–Crippen LogP) is 2.86. The molecule has 1 aromatic rings. The largest absolute Gasteiger partial charge is 0.493 e. The van der Waals surface area contributed by atoms with E-state index < -0.39 is 34.8 Å². The lowest BCUT2D eigenvalue weighted by molar-refractivity contribution is -0.141. The molecular weight excluding hydrogens is 274 g/mol. The Morgan fingerprint density at radius 3 is 2.18 bits per heavy atom. The van der Waals surface area contributed by atoms with Crippen LogP contribution in [0.15, 0.2) is 11.2 Å². The molecule has 0 atom stereocenters. The normalized spacial score (nSPS) is 12.8. The van der Waals surface area contributed by atoms with E-state index in [9.17, 15) is 26.3 Å². The second-order valence-corrected chi connectivity index (χ2v) is 3.74. The third-order valence-corrected chi connectivity index (χ3v) is 2.26. The summed E-state index contributed by atoms with van der Waals surface area (Å²) in [5, 5.41) is 8.06. The molecule has 10 heteroatoms. The molecule has 1 N–H and O–H groups in total. The van der Waals surface area contributed by atoms with Gasteiger partial charge in [-0.1, -0.05) is 11.8 Å². The van der Waals surface area contributed by atoms with Gasteiger partial charge in [0.25, 0.3) is 0 Å². The van der Waals surface area contributed by atoms with Gasteiger partial charge >= 0.3 is 12.4 Å². The molecule has 0 spiro atoms. The Labute approximate surface area is 94.9 Å². The first-order valence-electron chi connectivity index (χ1n) is 3.93. The third-order valence-electron chi connectivity index (χ3n) is 1.35. The number of hydrogen-bond donors (Lipinski definition) is 1. The summed E-state index contributed by atoms with van der Waals surface area (Å²) in [5.74, 6) is -2.47. The Balaban J connectivity index is 2.91. The van der Waals surface area contributed by atoms with Crippen LogP contribution in [-0.4, -0.2) is 27.0 Å². The second kappa shape index (κ2) is 4.59. The van der Waals surface area contributed by atoms with E-state index in [0.29, 0.717) is 0 Å². The van der Waals surface area contributed by atoms with Gasteiger partial charge in [-0.25, -0.2) is 4.98 Å². The molecule has 0 aliphatic heterocycles. The Hall–Kier alpha value is -1.19. The number of aromatic nitrogens is 2. The molecule has 1 rings (SSSR count). The number of rotatable bonds is 2. The zero-order chi connectivity index (χ0) is 13.3. The summed E-state index contributed by atoms with van der Waals surface area (Å²) < 4.78 is 72.0. The number of thioether (sulfide) groups is 1. The minimum atomic E-state index is -4.85. The van der Waals surface area contributed by atoms with E-state index in [1.807, 2.05) is 0 Å². The van der Waals surface area contributed by atoms with E-state index in [2.05, 4.69) is 9.97 Å². The Morgan fingerprint density at radius 2 is 1.71 bits per heavy atom. The summed E-state index contributed by atoms with van der Waals surface area (Å²) in [5.41, 5.74) is -1.49. The van der Waals surface area contributed by atoms with Crippen LogP contribution in [0.5, 0.6) is 5.88 Å². The van der Waals surface area contributed by atoms with E-state index in [0.717, 1.165) is 0 Å². The molecule has 1 heterocycles. The van der Waals surface area contributed by atoms with Gasteiger partial charge in [-0.3, -0.25) is 0 Å². The highest BCUT2D eigenvalue weighted by molar-refractivity contribution is 7.99. The van der Waals surface area contributed by atoms with Crippen molar-refractivity contribution in [3.05, 3.63) is 11.8 Å². The molecule has 0 bridgehead atoms. The molecule has 0 amide bonds. The molecule has 1 aromatic heterocycles. The number of alkyl halides is 6. The van der Waals surface area contributed by atoms with Crippen molar-refractivity contribution in [2.45, 2.75) is 17.5 Å². The van der Waals surface area contributed by atoms with Crippen LogP contribution in [0.3, 0.4) is 0 Å². The summed E-state index contributed by atoms with van der Waals surface area (Å²) in [7, 11) is 0. The van der Waals surface area contributed by atoms with Crippen molar-refractivity contribution in [1.29, 1.82) is 0 Å². The Morgan fingerprint density at radius 1 is 1.12 bits per heavy atom. The molecule has 0 radical (unpaired) electrons. The molecule has 3 nitrogen and oxygen atoms in total. The fraction of sp³-hybridized carbons (Fsp3) is 0.429. The highest BCUT2D eigenvalue weighted by atomic mass is 32.2. The molecule has 0 fully saturated rings. The molecule has 96 valence electrons. The van der Waals surface area contributed by atoms with Crippen LogP contribution in [0.25, 0.3) is 0 Å². The predicted molar refractivity (Wildman–Crippen MR) is 45.5 cm³/mol. The van der Waals surface area contributed by atoms with Gasteiger partial charge in [-0.2, -0.15) is 31.3 Å². The maximum atomic E-state index is 12.2. The second-order valence-electron chi connectivity index (χ2n) is 2.80. The van der Waals surface area contributed by atoms with E-state index in [1.165, 1.54) is 0 Å². The molecule has 17 heavy (non-hydrogen) atoms. The summed E-state index contributed by atoms with van der Waals surface area (Å²) in [6.45, 7) is 0. The van der Waals surface area contributed by atoms with Crippen molar-refractivity contribution in [2.24, 2.45) is 0 Å². The number of halogens is 6. The number of nitrogens with zero attached hydrogens (tertiary/aromatic N) is 2. The van der Waals surface area contributed by atoms with Crippen molar-refractivity contribution < 1.29 is 31.4 Å². The van der Waals surface area contributed by atoms with Crippen LogP contribution >= 0.6 is 11.8 Å². The first kappa shape index (κ1) is 13.9. The molecular formula is C7H4F6N2OS. The van der Waals surface area contributed by atoms with Crippen LogP contribution in [0, 0.1) is 0 Å². The van der Waals surface area contributed by atoms with Gasteiger partial charge in [0.2, 0.25) is 5.88 Å². The summed E-state index contributed by atoms with van der Waals surface area (Å²) in [6, 6.07) is 0.234. The lowest BCUT2D eigenvalue weighted by Gasteiger charge is -2.08. The van der Waals surface area contributed by atoms with Crippen LogP contribution in [0.1, 0.15) is 5.69 Å². The summed E-state index contributed by atoms with van der Waals surface area (Å²) in [6.07, 6.45) is -9.41. The van der Waals surface area contributed by atoms with E-state index in [-0.39, 0.29) is 17.8 Å². The molecule has 0 aliphatic carbocycles. The van der Waals surface area contributed by atoms with E-state index in [4.69, 9.17) is 5.11 Å². The van der Waals surface area contributed by atoms with Crippen LogP contribution < -0.4 is 0 Å². The molecule has 0 saturated carbocycles. The monoisotopic (exact) mass is 278 g/mol. The highest BCUT2D eigenvalue weighted by Gasteiger charge is 2.34. The van der Waals surface area contributed by atoms with Gasteiger partial charge < -0.3 is 5.11 Å². The molecule has 0 aromatic carbocycles. The number of hydrogen-bond acceptors (Lipinski definition) is 4. The summed E-state index contributed by atoms with van der Waals surface area (Å²) >= 11 is -0.0354. The van der Waals surface area contributed by atoms with Crippen molar-refractivity contribution >= 4 is 11.8 Å². The fourth-order valence-corrected chi connectivity index (χ4v) is 1.38. The molecule has 0 aliphatic rings. The Bertz CT molecular complexity index is 404. The minimum absolute atomic E-state index is 0.0354. The highest BCUT2D eigenvalue weighted by Crippen LogP contribution is 2.32. The van der Waals surface area contributed by atoms with Crippen LogP contribution in [0.2, 0.25) is 0 Å². The van der Waals surface area contributed by atoms with Crippen molar-refractivity contribution in [2.75, 3.05) is 5.75 Å². The smallest absolute Gasteiger partial charge is 0.433 e. The zero-order valence-electron chi connectivity index (χ0n) is 7.80. The van der Waals surface area contributed by atoms with Crippen LogP contribution in [-0.2, 0) is 6.18 Å². The fourth-order valence-electron chi connectivity index (χ4n) is 0.769. The molecule has 0 unspecified atom stereocenters. The SMILES string of the molecule is Oc1cc(C(F)(F)F)nc(SCC(F)(F)F)n1. The van der Waals surface area contributed by atoms with Gasteiger partial charge in [0.1, 0.15) is 0 Å². The van der Waals surface area contributed by atoms with E-state index >= 15 is 0 Å². The number of aromatic hydroxyl groups is 1. The third kappa shape index (κ3) is 4.67. The maximum absolute atomic E-state index is 12.2. The lowest BCUT2D eigenvalue weighted by Crippen LogP contribution is -2.13. The Kier molecular flexibility index (Phi) is 3.74. The van der Waals surface area contributed by atoms with Crippen molar-refractivity contribution in [1.82, 2.24) is 9.97 Å². The zero-order valence-corrected chi connectivity index (χ0v) is 8.62. The van der Waals surface area contributed by atoms with Gasteiger partial charge in [0.05, 0.1) is 5.75 Å². The maximum Gasteiger partial charge on any atom is 0.433 e.